The summed E-state index contributed by atoms with van der Waals surface area (Å²) in [7, 11) is 0. The molecule has 1 rings (SSSR count). The van der Waals surface area contributed by atoms with Crippen molar-refractivity contribution in [1.29, 1.82) is 0 Å². The average Bonchev–Trinajstić information content (AvgIpc) is 2.28. The van der Waals surface area contributed by atoms with Crippen molar-refractivity contribution in [1.82, 2.24) is 0 Å². The van der Waals surface area contributed by atoms with Gasteiger partial charge in [0, 0.05) is 28.8 Å². The summed E-state index contributed by atoms with van der Waals surface area (Å²) in [5, 5.41) is 8.99. The highest BCUT2D eigenvalue weighted by Gasteiger charge is 2.09. The van der Waals surface area contributed by atoms with Gasteiger partial charge in [-0.3, -0.25) is 4.79 Å². The Morgan fingerprint density at radius 3 is 2.76 bits per heavy atom. The third kappa shape index (κ3) is 3.68. The van der Waals surface area contributed by atoms with Crippen molar-refractivity contribution in [2.24, 2.45) is 0 Å². The number of aliphatic hydroxyl groups excluding tert-OH is 1. The molecule has 92 valence electrons. The number of Topliss-reactive ketones (excluding diaryl/α,β-unsaturated/α-hetero) is 1. The summed E-state index contributed by atoms with van der Waals surface area (Å²) in [5.41, 5.74) is 1.62. The first-order valence-corrected chi connectivity index (χ1v) is 6.16. The summed E-state index contributed by atoms with van der Waals surface area (Å²) < 4.78 is 0.773. The van der Waals surface area contributed by atoms with Crippen molar-refractivity contribution in [3.63, 3.8) is 0 Å². The van der Waals surface area contributed by atoms with Crippen LogP contribution < -0.4 is 4.90 Å². The van der Waals surface area contributed by atoms with Crippen molar-refractivity contribution in [3.05, 3.63) is 40.9 Å². The van der Waals surface area contributed by atoms with Gasteiger partial charge in [0.1, 0.15) is 0 Å². The molecule has 0 unspecified atom stereocenters. The highest BCUT2D eigenvalue weighted by molar-refractivity contribution is 9.10. The van der Waals surface area contributed by atoms with Gasteiger partial charge in [-0.15, -0.1) is 6.58 Å². The van der Waals surface area contributed by atoms with Gasteiger partial charge in [0.25, 0.3) is 0 Å². The summed E-state index contributed by atoms with van der Waals surface area (Å²) >= 11 is 3.38. The molecular formula is C13H16BrNO2. The van der Waals surface area contributed by atoms with Crippen LogP contribution in [0, 0.1) is 0 Å². The second-order valence-electron chi connectivity index (χ2n) is 3.68. The number of hydrogen-bond donors (Lipinski definition) is 1. The molecule has 0 atom stereocenters. The largest absolute Gasteiger partial charge is 0.395 e. The maximum atomic E-state index is 11.3. The Morgan fingerprint density at radius 2 is 2.29 bits per heavy atom. The van der Waals surface area contributed by atoms with E-state index in [1.165, 1.54) is 6.92 Å². The average molecular weight is 298 g/mol. The molecule has 0 bridgehead atoms. The van der Waals surface area contributed by atoms with Crippen molar-refractivity contribution < 1.29 is 9.90 Å². The van der Waals surface area contributed by atoms with E-state index in [0.29, 0.717) is 18.7 Å². The fourth-order valence-electron chi connectivity index (χ4n) is 1.59. The van der Waals surface area contributed by atoms with Gasteiger partial charge in [-0.25, -0.2) is 0 Å². The monoisotopic (exact) mass is 297 g/mol. The second-order valence-corrected chi connectivity index (χ2v) is 4.53. The third-order valence-electron chi connectivity index (χ3n) is 2.42. The summed E-state index contributed by atoms with van der Waals surface area (Å²) in [4.78, 5) is 13.3. The minimum absolute atomic E-state index is 0.0286. The van der Waals surface area contributed by atoms with Gasteiger partial charge in [0.05, 0.1) is 6.61 Å². The fourth-order valence-corrected chi connectivity index (χ4v) is 2.23. The van der Waals surface area contributed by atoms with Gasteiger partial charge in [-0.1, -0.05) is 6.08 Å². The molecule has 4 heteroatoms. The molecule has 0 spiro atoms. The van der Waals surface area contributed by atoms with Crippen LogP contribution in [0.3, 0.4) is 0 Å². The number of ketones is 1. The van der Waals surface area contributed by atoms with Crippen molar-refractivity contribution in [2.75, 3.05) is 24.6 Å². The molecule has 0 amide bonds. The lowest BCUT2D eigenvalue weighted by atomic mass is 10.1. The normalized spacial score (nSPS) is 10.1. The molecule has 1 N–H and O–H groups in total. The number of benzene rings is 1. The van der Waals surface area contributed by atoms with E-state index in [9.17, 15) is 4.79 Å². The topological polar surface area (TPSA) is 40.5 Å². The molecule has 0 aliphatic carbocycles. The lowest BCUT2D eigenvalue weighted by Gasteiger charge is -2.22. The van der Waals surface area contributed by atoms with E-state index in [4.69, 9.17) is 5.11 Å². The zero-order valence-corrected chi connectivity index (χ0v) is 11.4. The lowest BCUT2D eigenvalue weighted by Crippen LogP contribution is -2.26. The number of carbonyl (C=O) groups is 1. The SMILES string of the molecule is C=CCN(CCO)c1ccc(C(C)=O)c(Br)c1. The van der Waals surface area contributed by atoms with E-state index in [2.05, 4.69) is 22.5 Å². The predicted octanol–water partition coefficient (Wildman–Crippen LogP) is 2.64. The van der Waals surface area contributed by atoms with Gasteiger partial charge in [-0.2, -0.15) is 0 Å². The third-order valence-corrected chi connectivity index (χ3v) is 3.07. The van der Waals surface area contributed by atoms with Crippen molar-refractivity contribution in [2.45, 2.75) is 6.92 Å². The molecule has 0 aliphatic heterocycles. The lowest BCUT2D eigenvalue weighted by molar-refractivity contribution is 0.101. The molecule has 0 saturated heterocycles. The zero-order chi connectivity index (χ0) is 12.8. The van der Waals surface area contributed by atoms with E-state index >= 15 is 0 Å². The van der Waals surface area contributed by atoms with Crippen LogP contribution in [0.4, 0.5) is 5.69 Å². The summed E-state index contributed by atoms with van der Waals surface area (Å²) in [6.45, 7) is 6.51. The zero-order valence-electron chi connectivity index (χ0n) is 9.82. The van der Waals surface area contributed by atoms with E-state index in [1.54, 1.807) is 12.1 Å². The van der Waals surface area contributed by atoms with Crippen LogP contribution in [0.1, 0.15) is 17.3 Å². The maximum absolute atomic E-state index is 11.3. The van der Waals surface area contributed by atoms with Crippen LogP contribution in [0.5, 0.6) is 0 Å². The van der Waals surface area contributed by atoms with Crippen molar-refractivity contribution >= 4 is 27.4 Å². The van der Waals surface area contributed by atoms with E-state index in [1.807, 2.05) is 17.0 Å². The Hall–Kier alpha value is -1.13. The molecule has 0 aliphatic rings. The number of hydrogen-bond acceptors (Lipinski definition) is 3. The van der Waals surface area contributed by atoms with Gasteiger partial charge in [-0.05, 0) is 41.1 Å². The molecule has 17 heavy (non-hydrogen) atoms. The standard InChI is InChI=1S/C13H16BrNO2/c1-3-6-15(7-8-16)11-4-5-12(10(2)17)13(14)9-11/h3-5,9,16H,1,6-8H2,2H3. The van der Waals surface area contributed by atoms with E-state index in [0.717, 1.165) is 10.2 Å². The van der Waals surface area contributed by atoms with Crippen LogP contribution in [0.15, 0.2) is 35.3 Å². The minimum Gasteiger partial charge on any atom is -0.395 e. The number of aliphatic hydroxyl groups is 1. The number of halogens is 1. The van der Waals surface area contributed by atoms with Gasteiger partial charge in [0.2, 0.25) is 0 Å². The van der Waals surface area contributed by atoms with Crippen LogP contribution in [-0.2, 0) is 0 Å². The highest BCUT2D eigenvalue weighted by atomic mass is 79.9. The summed E-state index contributed by atoms with van der Waals surface area (Å²) in [6, 6.07) is 5.55. The number of anilines is 1. The number of rotatable bonds is 6. The van der Waals surface area contributed by atoms with Gasteiger partial charge < -0.3 is 10.0 Å². The first-order chi connectivity index (χ1) is 8.10. The Bertz CT molecular complexity index is 418. The Kier molecular flexibility index (Phi) is 5.38. The molecule has 0 aromatic heterocycles. The van der Waals surface area contributed by atoms with Crippen LogP contribution in [0.2, 0.25) is 0 Å². The quantitative estimate of drug-likeness (QED) is 0.648. The first-order valence-electron chi connectivity index (χ1n) is 5.37. The maximum Gasteiger partial charge on any atom is 0.160 e. The Morgan fingerprint density at radius 1 is 1.59 bits per heavy atom. The minimum atomic E-state index is 0.0286. The van der Waals surface area contributed by atoms with Crippen LogP contribution >= 0.6 is 15.9 Å². The molecule has 0 saturated carbocycles. The molecule has 0 heterocycles. The van der Waals surface area contributed by atoms with Gasteiger partial charge in [0.15, 0.2) is 5.78 Å². The summed E-state index contributed by atoms with van der Waals surface area (Å²) in [5.74, 6) is 0.0286. The smallest absolute Gasteiger partial charge is 0.160 e. The van der Waals surface area contributed by atoms with Crippen LogP contribution in [-0.4, -0.2) is 30.6 Å². The Balaban J connectivity index is 3.01. The van der Waals surface area contributed by atoms with Crippen LogP contribution in [0.25, 0.3) is 0 Å². The fraction of sp³-hybridized carbons (Fsp3) is 0.308. The van der Waals surface area contributed by atoms with Gasteiger partial charge >= 0.3 is 0 Å². The van der Waals surface area contributed by atoms with E-state index in [-0.39, 0.29) is 12.4 Å². The molecule has 0 radical (unpaired) electrons. The molecule has 0 fully saturated rings. The second kappa shape index (κ2) is 6.57. The Labute approximate surface area is 110 Å². The predicted molar refractivity (Wildman–Crippen MR) is 73.6 cm³/mol. The first kappa shape index (κ1) is 13.9. The molecule has 1 aromatic rings. The molecule has 3 nitrogen and oxygen atoms in total. The number of nitrogens with zero attached hydrogens (tertiary/aromatic N) is 1. The highest BCUT2D eigenvalue weighted by Crippen LogP contribution is 2.24. The molecular weight excluding hydrogens is 282 g/mol. The number of carbonyl (C=O) groups excluding carboxylic acids is 1. The summed E-state index contributed by atoms with van der Waals surface area (Å²) in [6.07, 6.45) is 1.78. The molecule has 1 aromatic carbocycles. The van der Waals surface area contributed by atoms with E-state index < -0.39 is 0 Å². The van der Waals surface area contributed by atoms with Crippen molar-refractivity contribution in [3.8, 4) is 0 Å².